The molecule has 0 fully saturated rings. The minimum absolute atomic E-state index is 0.107. The van der Waals surface area contributed by atoms with E-state index in [1.54, 1.807) is 11.0 Å². The molecule has 5 heteroatoms. The van der Waals surface area contributed by atoms with E-state index in [2.05, 4.69) is 27.6 Å². The number of hydrogen-bond acceptors (Lipinski definition) is 4. The highest BCUT2D eigenvalue weighted by Gasteiger charge is 2.16. The van der Waals surface area contributed by atoms with Gasteiger partial charge in [0.05, 0.1) is 0 Å². The molecule has 0 aliphatic carbocycles. The lowest BCUT2D eigenvalue weighted by atomic mass is 10.1. The molecule has 0 aliphatic heterocycles. The van der Waals surface area contributed by atoms with Gasteiger partial charge in [-0.3, -0.25) is 4.79 Å². The molecular formula is C22H24N4O. The largest absolute Gasteiger partial charge is 0.368 e. The molecule has 0 saturated carbocycles. The van der Waals surface area contributed by atoms with Crippen LogP contribution in [0.1, 0.15) is 28.5 Å². The van der Waals surface area contributed by atoms with Crippen LogP contribution in [0.2, 0.25) is 0 Å². The average molecular weight is 360 g/mol. The Morgan fingerprint density at radius 1 is 0.889 bits per heavy atom. The van der Waals surface area contributed by atoms with Gasteiger partial charge in [0.15, 0.2) is 5.69 Å². The van der Waals surface area contributed by atoms with Crippen LogP contribution >= 0.6 is 0 Å². The number of hydrogen-bond donors (Lipinski definition) is 1. The highest BCUT2D eigenvalue weighted by Crippen LogP contribution is 2.10. The molecule has 3 rings (SSSR count). The molecule has 0 saturated heterocycles. The van der Waals surface area contributed by atoms with Crippen LogP contribution in [0.3, 0.4) is 0 Å². The molecule has 27 heavy (non-hydrogen) atoms. The van der Waals surface area contributed by atoms with Crippen LogP contribution in [0, 0.1) is 0 Å². The molecule has 5 nitrogen and oxygen atoms in total. The predicted octanol–water partition coefficient (Wildman–Crippen LogP) is 3.79. The van der Waals surface area contributed by atoms with E-state index in [0.29, 0.717) is 24.6 Å². The number of amides is 1. The predicted molar refractivity (Wildman–Crippen MR) is 108 cm³/mol. The van der Waals surface area contributed by atoms with Crippen molar-refractivity contribution in [2.24, 2.45) is 0 Å². The maximum absolute atomic E-state index is 12.7. The number of anilines is 1. The third kappa shape index (κ3) is 5.38. The fourth-order valence-electron chi connectivity index (χ4n) is 2.81. The first-order chi connectivity index (χ1) is 13.3. The Bertz CT molecular complexity index is 835. The second-order valence-electron chi connectivity index (χ2n) is 6.27. The molecular weight excluding hydrogens is 336 g/mol. The third-order valence-electron chi connectivity index (χ3n) is 4.33. The van der Waals surface area contributed by atoms with Crippen molar-refractivity contribution in [2.75, 3.05) is 18.4 Å². The van der Waals surface area contributed by atoms with Crippen molar-refractivity contribution in [3.05, 3.63) is 89.6 Å². The topological polar surface area (TPSA) is 58.1 Å². The molecule has 1 amide bonds. The van der Waals surface area contributed by atoms with Crippen molar-refractivity contribution in [1.29, 1.82) is 0 Å². The van der Waals surface area contributed by atoms with Gasteiger partial charge in [-0.2, -0.15) is 0 Å². The number of nitrogens with zero attached hydrogens (tertiary/aromatic N) is 3. The molecule has 1 aromatic heterocycles. The molecule has 0 radical (unpaired) electrons. The first-order valence-electron chi connectivity index (χ1n) is 9.21. The summed E-state index contributed by atoms with van der Waals surface area (Å²) < 4.78 is 0. The molecule has 1 heterocycles. The number of nitrogens with one attached hydrogen (secondary N) is 1. The van der Waals surface area contributed by atoms with Gasteiger partial charge in [0.25, 0.3) is 5.91 Å². The maximum Gasteiger partial charge on any atom is 0.274 e. The summed E-state index contributed by atoms with van der Waals surface area (Å²) in [7, 11) is 0. The van der Waals surface area contributed by atoms with Crippen LogP contribution in [0.4, 0.5) is 5.82 Å². The van der Waals surface area contributed by atoms with E-state index in [4.69, 9.17) is 0 Å². The maximum atomic E-state index is 12.7. The fourth-order valence-corrected chi connectivity index (χ4v) is 2.81. The van der Waals surface area contributed by atoms with Gasteiger partial charge in [-0.15, -0.1) is 10.2 Å². The van der Waals surface area contributed by atoms with Gasteiger partial charge in [0.1, 0.15) is 5.82 Å². The average Bonchev–Trinajstić information content (AvgIpc) is 2.73. The number of rotatable bonds is 8. The van der Waals surface area contributed by atoms with E-state index >= 15 is 0 Å². The van der Waals surface area contributed by atoms with Crippen LogP contribution in [0.5, 0.6) is 0 Å². The Labute approximate surface area is 160 Å². The van der Waals surface area contributed by atoms with Gasteiger partial charge in [0, 0.05) is 19.6 Å². The fraction of sp³-hybridized carbons (Fsp3) is 0.227. The second-order valence-corrected chi connectivity index (χ2v) is 6.27. The van der Waals surface area contributed by atoms with E-state index in [9.17, 15) is 4.79 Å². The van der Waals surface area contributed by atoms with Crippen molar-refractivity contribution < 1.29 is 4.79 Å². The van der Waals surface area contributed by atoms with Crippen molar-refractivity contribution in [3.8, 4) is 0 Å². The summed E-state index contributed by atoms with van der Waals surface area (Å²) in [5.41, 5.74) is 2.73. The van der Waals surface area contributed by atoms with Crippen LogP contribution in [0.15, 0.2) is 72.8 Å². The smallest absolute Gasteiger partial charge is 0.274 e. The molecule has 3 aromatic rings. The van der Waals surface area contributed by atoms with E-state index in [1.165, 1.54) is 5.56 Å². The first kappa shape index (κ1) is 18.6. The number of benzene rings is 2. The summed E-state index contributed by atoms with van der Waals surface area (Å²) >= 11 is 0. The Balaban J connectivity index is 1.56. The second kappa shape index (κ2) is 9.48. The Morgan fingerprint density at radius 3 is 2.15 bits per heavy atom. The minimum atomic E-state index is -0.107. The van der Waals surface area contributed by atoms with Crippen molar-refractivity contribution in [2.45, 2.75) is 19.9 Å². The van der Waals surface area contributed by atoms with Gasteiger partial charge in [-0.1, -0.05) is 60.7 Å². The lowest BCUT2D eigenvalue weighted by molar-refractivity contribution is 0.0745. The van der Waals surface area contributed by atoms with Crippen molar-refractivity contribution in [3.63, 3.8) is 0 Å². The molecule has 0 spiro atoms. The zero-order valence-corrected chi connectivity index (χ0v) is 15.5. The number of aromatic nitrogens is 2. The van der Waals surface area contributed by atoms with Crippen LogP contribution in [-0.2, 0) is 13.0 Å². The van der Waals surface area contributed by atoms with Crippen LogP contribution in [0.25, 0.3) is 0 Å². The van der Waals surface area contributed by atoms with Crippen LogP contribution in [-0.4, -0.2) is 34.1 Å². The summed E-state index contributed by atoms with van der Waals surface area (Å²) in [4.78, 5) is 14.5. The molecule has 2 aromatic carbocycles. The van der Waals surface area contributed by atoms with E-state index in [1.807, 2.05) is 61.5 Å². The SMILES string of the molecule is CCN(Cc1ccccc1)C(=O)c1ccc(NCCc2ccccc2)nn1. The van der Waals surface area contributed by atoms with E-state index in [-0.39, 0.29) is 5.91 Å². The zero-order valence-electron chi connectivity index (χ0n) is 15.5. The molecule has 0 atom stereocenters. The van der Waals surface area contributed by atoms with Crippen molar-refractivity contribution >= 4 is 11.7 Å². The number of carbonyl (C=O) groups excluding carboxylic acids is 1. The monoisotopic (exact) mass is 360 g/mol. The standard InChI is InChI=1S/C22H24N4O/c1-2-26(17-19-11-7-4-8-12-19)22(27)20-13-14-21(25-24-20)23-16-15-18-9-5-3-6-10-18/h3-14H,2,15-17H2,1H3,(H,23,25). The normalized spacial score (nSPS) is 10.4. The lowest BCUT2D eigenvalue weighted by Gasteiger charge is -2.20. The van der Waals surface area contributed by atoms with Gasteiger partial charge in [-0.25, -0.2) is 0 Å². The Kier molecular flexibility index (Phi) is 6.52. The molecule has 138 valence electrons. The van der Waals surface area contributed by atoms with Crippen molar-refractivity contribution in [1.82, 2.24) is 15.1 Å². The Morgan fingerprint density at radius 2 is 1.56 bits per heavy atom. The highest BCUT2D eigenvalue weighted by atomic mass is 16.2. The molecule has 0 aliphatic rings. The summed E-state index contributed by atoms with van der Waals surface area (Å²) in [6.45, 7) is 3.91. The van der Waals surface area contributed by atoms with Gasteiger partial charge >= 0.3 is 0 Å². The minimum Gasteiger partial charge on any atom is -0.368 e. The van der Waals surface area contributed by atoms with Gasteiger partial charge in [-0.05, 0) is 36.6 Å². The highest BCUT2D eigenvalue weighted by molar-refractivity contribution is 5.92. The lowest BCUT2D eigenvalue weighted by Crippen LogP contribution is -2.31. The molecule has 0 unspecified atom stereocenters. The summed E-state index contributed by atoms with van der Waals surface area (Å²) in [6, 6.07) is 23.8. The van der Waals surface area contributed by atoms with Gasteiger partial charge < -0.3 is 10.2 Å². The van der Waals surface area contributed by atoms with E-state index in [0.717, 1.165) is 18.5 Å². The number of carbonyl (C=O) groups is 1. The Hall–Kier alpha value is -3.21. The van der Waals surface area contributed by atoms with Gasteiger partial charge in [0.2, 0.25) is 0 Å². The quantitative estimate of drug-likeness (QED) is 0.664. The van der Waals surface area contributed by atoms with E-state index < -0.39 is 0 Å². The first-order valence-corrected chi connectivity index (χ1v) is 9.21. The van der Waals surface area contributed by atoms with Crippen LogP contribution < -0.4 is 5.32 Å². The molecule has 1 N–H and O–H groups in total. The third-order valence-corrected chi connectivity index (χ3v) is 4.33. The summed E-state index contributed by atoms with van der Waals surface area (Å²) in [5, 5.41) is 11.5. The zero-order chi connectivity index (χ0) is 18.9. The summed E-state index contributed by atoms with van der Waals surface area (Å²) in [6.07, 6.45) is 0.907. The molecule has 0 bridgehead atoms. The summed E-state index contributed by atoms with van der Waals surface area (Å²) in [5.74, 6) is 0.568.